The highest BCUT2D eigenvalue weighted by molar-refractivity contribution is 5.90. The number of rotatable bonds is 14. The van der Waals surface area contributed by atoms with Crippen molar-refractivity contribution >= 4 is 5.97 Å². The summed E-state index contributed by atoms with van der Waals surface area (Å²) in [6.45, 7) is 6.86. The number of aryl methyl sites for hydroxylation is 1. The van der Waals surface area contributed by atoms with E-state index in [0.717, 1.165) is 36.5 Å². The molecule has 3 heteroatoms. The number of unbranched alkanes of at least 4 members (excludes halogenated alkanes) is 3. The Morgan fingerprint density at radius 1 is 0.879 bits per heavy atom. The number of ether oxygens (including phenoxy) is 2. The molecule has 0 saturated carbocycles. The number of carbonyl (C=O) groups excluding carboxylic acids is 1. The first-order valence-electron chi connectivity index (χ1n) is 12.6. The van der Waals surface area contributed by atoms with Crippen molar-refractivity contribution in [2.24, 2.45) is 5.92 Å². The zero-order chi connectivity index (χ0) is 23.5. The highest BCUT2D eigenvalue weighted by Crippen LogP contribution is 2.29. The van der Waals surface area contributed by atoms with Crippen molar-refractivity contribution in [2.75, 3.05) is 0 Å². The molecule has 0 unspecified atom stereocenters. The third-order valence-electron chi connectivity index (χ3n) is 6.62. The summed E-state index contributed by atoms with van der Waals surface area (Å²) in [5.74, 6) is 1.56. The molecule has 2 aromatic rings. The van der Waals surface area contributed by atoms with Gasteiger partial charge in [0.25, 0.3) is 0 Å². The molecule has 0 aromatic heterocycles. The minimum absolute atomic E-state index is 0.154. The van der Waals surface area contributed by atoms with Crippen molar-refractivity contribution in [3.05, 3.63) is 77.4 Å². The fourth-order valence-electron chi connectivity index (χ4n) is 4.57. The lowest BCUT2D eigenvalue weighted by molar-refractivity contribution is -0.145. The van der Waals surface area contributed by atoms with E-state index in [1.807, 2.05) is 38.1 Å². The Morgan fingerprint density at radius 3 is 2.24 bits per heavy atom. The molecule has 3 rings (SSSR count). The van der Waals surface area contributed by atoms with E-state index >= 15 is 0 Å². The number of hydrogen-bond donors (Lipinski definition) is 0. The molecule has 0 saturated heterocycles. The molecule has 0 bridgehead atoms. The summed E-state index contributed by atoms with van der Waals surface area (Å²) in [5, 5.41) is 0. The minimum Gasteiger partial charge on any atom is -0.489 e. The summed E-state index contributed by atoms with van der Waals surface area (Å²) in [6.07, 6.45) is 12.8. The van der Waals surface area contributed by atoms with Crippen LogP contribution >= 0.6 is 0 Å². The Hall–Kier alpha value is -2.55. The second-order valence-electron chi connectivity index (χ2n) is 9.90. The van der Waals surface area contributed by atoms with Crippen LogP contribution in [0.15, 0.2) is 66.2 Å². The Balaban J connectivity index is 1.22. The normalized spacial score (nSPS) is 18.6. The van der Waals surface area contributed by atoms with Gasteiger partial charge in [-0.15, -0.1) is 0 Å². The molecule has 0 spiro atoms. The summed E-state index contributed by atoms with van der Waals surface area (Å²) in [4.78, 5) is 11.6. The van der Waals surface area contributed by atoms with E-state index in [0.29, 0.717) is 6.61 Å². The minimum atomic E-state index is -0.376. The molecule has 1 heterocycles. The first-order chi connectivity index (χ1) is 15.9. The molecular weight excluding hydrogens is 408 g/mol. The van der Waals surface area contributed by atoms with Crippen molar-refractivity contribution in [3.8, 4) is 5.75 Å². The summed E-state index contributed by atoms with van der Waals surface area (Å²) >= 11 is 0. The van der Waals surface area contributed by atoms with Crippen LogP contribution in [0.5, 0.6) is 5.75 Å². The van der Waals surface area contributed by atoms with E-state index in [-0.39, 0.29) is 11.6 Å². The standard InChI is InChI=1S/C30H40O3/c1-24(12-6-5-11-21-30(3)22-25(2)29(31)33-30)13-9-10-14-26-17-19-28(20-18-26)32-23-27-15-7-4-8-16-27/h4,7-8,15-20,22,24H,5-6,9-14,21,23H2,1-3H3/t24-,30+/m1/s1. The maximum Gasteiger partial charge on any atom is 0.334 e. The predicted octanol–water partition coefficient (Wildman–Crippen LogP) is 7.83. The lowest BCUT2D eigenvalue weighted by Crippen LogP contribution is -2.23. The van der Waals surface area contributed by atoms with Crippen molar-refractivity contribution in [1.29, 1.82) is 0 Å². The van der Waals surface area contributed by atoms with Gasteiger partial charge in [0.05, 0.1) is 0 Å². The number of hydrogen-bond acceptors (Lipinski definition) is 3. The molecule has 0 amide bonds. The Morgan fingerprint density at radius 2 is 1.58 bits per heavy atom. The van der Waals surface area contributed by atoms with Crippen molar-refractivity contribution in [3.63, 3.8) is 0 Å². The lowest BCUT2D eigenvalue weighted by Gasteiger charge is -2.21. The number of benzene rings is 2. The molecule has 0 N–H and O–H groups in total. The first kappa shape index (κ1) is 25.1. The molecular formula is C30H40O3. The summed E-state index contributed by atoms with van der Waals surface area (Å²) in [5.41, 5.74) is 2.95. The van der Waals surface area contributed by atoms with Crippen molar-refractivity contribution < 1.29 is 14.3 Å². The second kappa shape index (κ2) is 12.6. The van der Waals surface area contributed by atoms with Crippen LogP contribution in [0.2, 0.25) is 0 Å². The smallest absolute Gasteiger partial charge is 0.334 e. The highest BCUT2D eigenvalue weighted by atomic mass is 16.6. The largest absolute Gasteiger partial charge is 0.489 e. The van der Waals surface area contributed by atoms with Gasteiger partial charge in [-0.1, -0.05) is 81.5 Å². The van der Waals surface area contributed by atoms with Crippen molar-refractivity contribution in [2.45, 2.75) is 90.8 Å². The van der Waals surface area contributed by atoms with Gasteiger partial charge in [0.15, 0.2) is 0 Å². The molecule has 1 aliphatic heterocycles. The molecule has 1 aliphatic rings. The SMILES string of the molecule is CC1=C[C@](C)(CCCCC[C@@H](C)CCCCc2ccc(OCc3ccccc3)cc2)OC1=O. The second-order valence-corrected chi connectivity index (χ2v) is 9.90. The average Bonchev–Trinajstić information content (AvgIpc) is 3.08. The molecule has 178 valence electrons. The fourth-order valence-corrected chi connectivity index (χ4v) is 4.57. The van der Waals surface area contributed by atoms with Crippen LogP contribution in [0.25, 0.3) is 0 Å². The Bertz CT molecular complexity index is 885. The van der Waals surface area contributed by atoms with E-state index in [1.54, 1.807) is 0 Å². The van der Waals surface area contributed by atoms with Crippen LogP contribution in [0, 0.1) is 5.92 Å². The van der Waals surface area contributed by atoms with Gasteiger partial charge >= 0.3 is 5.97 Å². The van der Waals surface area contributed by atoms with Gasteiger partial charge in [-0.05, 0) is 74.8 Å². The maximum absolute atomic E-state index is 11.6. The molecule has 0 radical (unpaired) electrons. The van der Waals surface area contributed by atoms with Crippen molar-refractivity contribution in [1.82, 2.24) is 0 Å². The van der Waals surface area contributed by atoms with E-state index in [2.05, 4.69) is 43.3 Å². The molecule has 33 heavy (non-hydrogen) atoms. The molecule has 0 fully saturated rings. The summed E-state index contributed by atoms with van der Waals surface area (Å²) in [6, 6.07) is 18.8. The number of esters is 1. The van der Waals surface area contributed by atoms with Crippen LogP contribution in [0.4, 0.5) is 0 Å². The van der Waals surface area contributed by atoms with Crippen LogP contribution in [0.3, 0.4) is 0 Å². The van der Waals surface area contributed by atoms with E-state index < -0.39 is 0 Å². The third-order valence-corrected chi connectivity index (χ3v) is 6.62. The van der Waals surface area contributed by atoms with Crippen LogP contribution < -0.4 is 4.74 Å². The topological polar surface area (TPSA) is 35.5 Å². The first-order valence-corrected chi connectivity index (χ1v) is 12.6. The zero-order valence-corrected chi connectivity index (χ0v) is 20.6. The zero-order valence-electron chi connectivity index (χ0n) is 20.6. The maximum atomic E-state index is 11.6. The van der Waals surface area contributed by atoms with E-state index in [9.17, 15) is 4.79 Å². The lowest BCUT2D eigenvalue weighted by atomic mass is 9.93. The van der Waals surface area contributed by atoms with E-state index in [1.165, 1.54) is 49.7 Å². The number of cyclic esters (lactones) is 1. The van der Waals surface area contributed by atoms with Gasteiger partial charge in [0, 0.05) is 5.57 Å². The average molecular weight is 449 g/mol. The predicted molar refractivity (Wildman–Crippen MR) is 135 cm³/mol. The molecule has 0 aliphatic carbocycles. The van der Waals surface area contributed by atoms with Crippen LogP contribution in [-0.4, -0.2) is 11.6 Å². The highest BCUT2D eigenvalue weighted by Gasteiger charge is 2.33. The van der Waals surface area contributed by atoms with Crippen LogP contribution in [-0.2, 0) is 22.6 Å². The van der Waals surface area contributed by atoms with Gasteiger partial charge in [-0.2, -0.15) is 0 Å². The van der Waals surface area contributed by atoms with Gasteiger partial charge < -0.3 is 9.47 Å². The third kappa shape index (κ3) is 8.72. The molecule has 2 aromatic carbocycles. The summed E-state index contributed by atoms with van der Waals surface area (Å²) < 4.78 is 11.4. The quantitative estimate of drug-likeness (QED) is 0.218. The van der Waals surface area contributed by atoms with Crippen LogP contribution in [0.1, 0.15) is 83.3 Å². The Labute approximate surface area is 200 Å². The molecule has 2 atom stereocenters. The van der Waals surface area contributed by atoms with E-state index in [4.69, 9.17) is 9.47 Å². The van der Waals surface area contributed by atoms with Gasteiger partial charge in [-0.3, -0.25) is 0 Å². The fraction of sp³-hybridized carbons (Fsp3) is 0.500. The monoisotopic (exact) mass is 448 g/mol. The van der Waals surface area contributed by atoms with Gasteiger partial charge in [0.2, 0.25) is 0 Å². The van der Waals surface area contributed by atoms with Gasteiger partial charge in [0.1, 0.15) is 18.0 Å². The Kier molecular flexibility index (Phi) is 9.60. The van der Waals surface area contributed by atoms with Gasteiger partial charge in [-0.25, -0.2) is 4.79 Å². The number of carbonyl (C=O) groups is 1. The molecule has 3 nitrogen and oxygen atoms in total. The summed E-state index contributed by atoms with van der Waals surface area (Å²) in [7, 11) is 0.